The van der Waals surface area contributed by atoms with Crippen molar-refractivity contribution in [2.45, 2.75) is 10.9 Å². The van der Waals surface area contributed by atoms with E-state index in [1.54, 1.807) is 30.0 Å². The summed E-state index contributed by atoms with van der Waals surface area (Å²) < 4.78 is 20.2. The maximum absolute atomic E-state index is 13.1. The number of thioether (sulfide) groups is 1. The molecular formula is C23H16FN3O2S2. The van der Waals surface area contributed by atoms with E-state index < -0.39 is 0 Å². The lowest BCUT2D eigenvalue weighted by atomic mass is 10.1. The lowest BCUT2D eigenvalue weighted by Crippen LogP contribution is -2.19. The summed E-state index contributed by atoms with van der Waals surface area (Å²) in [6.45, 7) is 0. The van der Waals surface area contributed by atoms with Crippen LogP contribution in [0.4, 0.5) is 4.39 Å². The van der Waals surface area contributed by atoms with Crippen LogP contribution in [0.2, 0.25) is 0 Å². The molecule has 0 radical (unpaired) electrons. The van der Waals surface area contributed by atoms with Crippen molar-refractivity contribution in [3.63, 3.8) is 0 Å². The lowest BCUT2D eigenvalue weighted by Gasteiger charge is -2.07. The van der Waals surface area contributed by atoms with Gasteiger partial charge in [-0.25, -0.2) is 14.4 Å². The van der Waals surface area contributed by atoms with Crippen molar-refractivity contribution in [2.75, 3.05) is 0 Å². The average Bonchev–Trinajstić information content (AvgIpc) is 3.44. The van der Waals surface area contributed by atoms with Crippen molar-refractivity contribution in [1.29, 1.82) is 0 Å². The number of fused-ring (bicyclic) bond motifs is 1. The molecule has 3 heterocycles. The number of oxazole rings is 1. The second-order valence-electron chi connectivity index (χ2n) is 6.89. The molecule has 5 rings (SSSR count). The number of aromatic nitrogens is 3. The molecule has 0 saturated carbocycles. The van der Waals surface area contributed by atoms with E-state index in [9.17, 15) is 9.18 Å². The quantitative estimate of drug-likeness (QED) is 0.253. The number of hydrogen-bond acceptors (Lipinski definition) is 6. The summed E-state index contributed by atoms with van der Waals surface area (Å²) in [4.78, 5) is 23.0. The molecule has 0 aliphatic carbocycles. The highest BCUT2D eigenvalue weighted by Gasteiger charge is 2.16. The van der Waals surface area contributed by atoms with Gasteiger partial charge in [0.1, 0.15) is 16.9 Å². The molecule has 0 bridgehead atoms. The summed E-state index contributed by atoms with van der Waals surface area (Å²) in [5, 5.41) is 3.24. The van der Waals surface area contributed by atoms with Crippen LogP contribution in [0.15, 0.2) is 80.6 Å². The molecule has 0 N–H and O–H groups in total. The van der Waals surface area contributed by atoms with Crippen molar-refractivity contribution >= 4 is 33.3 Å². The van der Waals surface area contributed by atoms with E-state index in [2.05, 4.69) is 4.98 Å². The zero-order valence-corrected chi connectivity index (χ0v) is 18.0. The van der Waals surface area contributed by atoms with E-state index in [0.717, 1.165) is 21.7 Å². The van der Waals surface area contributed by atoms with Gasteiger partial charge in [-0.05, 0) is 29.8 Å². The van der Waals surface area contributed by atoms with Crippen molar-refractivity contribution < 1.29 is 8.81 Å². The molecule has 5 aromatic rings. The summed E-state index contributed by atoms with van der Waals surface area (Å²) in [5.74, 6) is 0.615. The standard InChI is InChI=1S/C23H16FN3O2S2/c1-27-22(28)19-18(14-5-3-2-4-6-14)13-30-21(19)26-23(27)31-12-17-11-29-20(25-17)15-7-9-16(24)10-8-15/h2-11,13H,12H2,1H3. The van der Waals surface area contributed by atoms with Crippen LogP contribution in [-0.2, 0) is 12.8 Å². The Morgan fingerprint density at radius 3 is 2.61 bits per heavy atom. The molecule has 2 aromatic carbocycles. The molecule has 0 saturated heterocycles. The van der Waals surface area contributed by atoms with Crippen LogP contribution >= 0.6 is 23.1 Å². The third-order valence-electron chi connectivity index (χ3n) is 4.85. The number of benzene rings is 2. The first-order chi connectivity index (χ1) is 15.1. The normalized spacial score (nSPS) is 11.3. The van der Waals surface area contributed by atoms with Crippen LogP contribution in [-0.4, -0.2) is 14.5 Å². The Hall–Kier alpha value is -3.23. The first kappa shape index (κ1) is 19.7. The third-order valence-corrected chi connectivity index (χ3v) is 6.79. The highest BCUT2D eigenvalue weighted by atomic mass is 32.2. The van der Waals surface area contributed by atoms with Gasteiger partial charge in [-0.1, -0.05) is 42.1 Å². The van der Waals surface area contributed by atoms with Crippen LogP contribution in [0, 0.1) is 5.82 Å². The highest BCUT2D eigenvalue weighted by Crippen LogP contribution is 2.32. The zero-order chi connectivity index (χ0) is 21.4. The number of rotatable bonds is 5. The SMILES string of the molecule is Cn1c(SCc2coc(-c3ccc(F)cc3)n2)nc2scc(-c3ccccc3)c2c1=O. The van der Waals surface area contributed by atoms with Crippen LogP contribution in [0.25, 0.3) is 32.8 Å². The Balaban J connectivity index is 1.41. The highest BCUT2D eigenvalue weighted by molar-refractivity contribution is 7.98. The van der Waals surface area contributed by atoms with Crippen molar-refractivity contribution in [2.24, 2.45) is 7.05 Å². The van der Waals surface area contributed by atoms with Gasteiger partial charge in [0.15, 0.2) is 5.16 Å². The predicted molar refractivity (Wildman–Crippen MR) is 122 cm³/mol. The van der Waals surface area contributed by atoms with Crippen molar-refractivity contribution in [3.05, 3.63) is 88.1 Å². The Labute approximate surface area is 185 Å². The van der Waals surface area contributed by atoms with Crippen LogP contribution < -0.4 is 5.56 Å². The second kappa shape index (κ2) is 8.13. The summed E-state index contributed by atoms with van der Waals surface area (Å²) in [5.41, 5.74) is 3.26. The summed E-state index contributed by atoms with van der Waals surface area (Å²) in [7, 11) is 1.73. The molecule has 31 heavy (non-hydrogen) atoms. The number of halogens is 1. The molecule has 0 spiro atoms. The summed E-state index contributed by atoms with van der Waals surface area (Å²) >= 11 is 2.89. The van der Waals surface area contributed by atoms with Crippen molar-refractivity contribution in [3.8, 4) is 22.6 Å². The maximum atomic E-state index is 13.1. The smallest absolute Gasteiger partial charge is 0.263 e. The van der Waals surface area contributed by atoms with Gasteiger partial charge >= 0.3 is 0 Å². The van der Waals surface area contributed by atoms with E-state index in [1.165, 1.54) is 35.2 Å². The zero-order valence-electron chi connectivity index (χ0n) is 16.4. The molecule has 0 fully saturated rings. The van der Waals surface area contributed by atoms with Gasteiger partial charge in [0.2, 0.25) is 5.89 Å². The number of nitrogens with zero attached hydrogens (tertiary/aromatic N) is 3. The maximum Gasteiger partial charge on any atom is 0.263 e. The topological polar surface area (TPSA) is 60.9 Å². The molecule has 0 atom stereocenters. The fourth-order valence-electron chi connectivity index (χ4n) is 3.25. The Bertz CT molecular complexity index is 1420. The predicted octanol–water partition coefficient (Wildman–Crippen LogP) is 5.75. The fraction of sp³-hybridized carbons (Fsp3) is 0.0870. The van der Waals surface area contributed by atoms with E-state index in [1.807, 2.05) is 35.7 Å². The van der Waals surface area contributed by atoms with E-state index in [0.29, 0.717) is 27.7 Å². The molecule has 0 aliphatic heterocycles. The lowest BCUT2D eigenvalue weighted by molar-refractivity contribution is 0.572. The molecule has 0 amide bonds. The third kappa shape index (κ3) is 3.80. The van der Waals surface area contributed by atoms with Crippen LogP contribution in [0.3, 0.4) is 0 Å². The van der Waals surface area contributed by atoms with Gasteiger partial charge in [-0.3, -0.25) is 9.36 Å². The fourth-order valence-corrected chi connectivity index (χ4v) is 5.09. The minimum absolute atomic E-state index is 0.0697. The second-order valence-corrected chi connectivity index (χ2v) is 8.69. The molecular weight excluding hydrogens is 433 g/mol. The molecule has 154 valence electrons. The van der Waals surface area contributed by atoms with E-state index in [-0.39, 0.29) is 11.4 Å². The average molecular weight is 450 g/mol. The first-order valence-electron chi connectivity index (χ1n) is 9.47. The van der Waals surface area contributed by atoms with Crippen molar-refractivity contribution in [1.82, 2.24) is 14.5 Å². The first-order valence-corrected chi connectivity index (χ1v) is 11.3. The summed E-state index contributed by atoms with van der Waals surface area (Å²) in [6.07, 6.45) is 1.57. The van der Waals surface area contributed by atoms with Gasteiger partial charge < -0.3 is 4.42 Å². The largest absolute Gasteiger partial charge is 0.444 e. The monoisotopic (exact) mass is 449 g/mol. The van der Waals surface area contributed by atoms with Crippen LogP contribution in [0.1, 0.15) is 5.69 Å². The Kier molecular flexibility index (Phi) is 5.17. The van der Waals surface area contributed by atoms with Gasteiger partial charge in [-0.2, -0.15) is 0 Å². The number of hydrogen-bond donors (Lipinski definition) is 0. The molecule has 0 unspecified atom stereocenters. The minimum Gasteiger partial charge on any atom is -0.444 e. The van der Waals surface area contributed by atoms with E-state index >= 15 is 0 Å². The molecule has 0 aliphatic rings. The Morgan fingerprint density at radius 2 is 1.84 bits per heavy atom. The minimum atomic E-state index is -0.308. The van der Waals surface area contributed by atoms with Gasteiger partial charge in [-0.15, -0.1) is 11.3 Å². The molecule has 5 nitrogen and oxygen atoms in total. The van der Waals surface area contributed by atoms with Crippen LogP contribution in [0.5, 0.6) is 0 Å². The molecule has 8 heteroatoms. The number of thiophene rings is 1. The van der Waals surface area contributed by atoms with E-state index in [4.69, 9.17) is 9.40 Å². The van der Waals surface area contributed by atoms with Gasteiger partial charge in [0, 0.05) is 29.3 Å². The summed E-state index contributed by atoms with van der Waals surface area (Å²) in [6, 6.07) is 15.8. The molecule has 3 aromatic heterocycles. The van der Waals surface area contributed by atoms with Gasteiger partial charge in [0.25, 0.3) is 5.56 Å². The Morgan fingerprint density at radius 1 is 1.06 bits per heavy atom. The van der Waals surface area contributed by atoms with Gasteiger partial charge in [0.05, 0.1) is 11.1 Å².